The van der Waals surface area contributed by atoms with E-state index in [4.69, 9.17) is 0 Å². The van der Waals surface area contributed by atoms with Crippen molar-refractivity contribution in [2.45, 2.75) is 0 Å². The van der Waals surface area contributed by atoms with Gasteiger partial charge in [-0.25, -0.2) is 4.98 Å². The van der Waals surface area contributed by atoms with Crippen molar-refractivity contribution >= 4 is 28.4 Å². The molecule has 0 bridgehead atoms. The second-order valence-corrected chi connectivity index (χ2v) is 6.50. The molecule has 0 radical (unpaired) electrons. The lowest BCUT2D eigenvalue weighted by atomic mass is 10.1. The molecule has 2 amide bonds. The first-order valence-corrected chi connectivity index (χ1v) is 8.92. The van der Waals surface area contributed by atoms with E-state index in [1.165, 1.54) is 19.3 Å². The average Bonchev–Trinajstić information content (AvgIpc) is 3.19. The fourth-order valence-electron chi connectivity index (χ4n) is 2.94. The van der Waals surface area contributed by atoms with E-state index < -0.39 is 0 Å². The zero-order chi connectivity index (χ0) is 20.4. The third-order valence-electron chi connectivity index (χ3n) is 4.49. The Kier molecular flexibility index (Phi) is 4.74. The van der Waals surface area contributed by atoms with Crippen LogP contribution >= 0.6 is 0 Å². The van der Waals surface area contributed by atoms with E-state index in [-0.39, 0.29) is 17.5 Å². The first-order valence-electron chi connectivity index (χ1n) is 8.92. The summed E-state index contributed by atoms with van der Waals surface area (Å²) in [5, 5.41) is 11.4. The number of aryl methyl sites for hydroxylation is 1. The zero-order valence-electron chi connectivity index (χ0n) is 15.9. The van der Waals surface area contributed by atoms with Crippen molar-refractivity contribution in [2.24, 2.45) is 7.05 Å². The number of aromatic nitrogens is 4. The highest BCUT2D eigenvalue weighted by Gasteiger charge is 2.11. The van der Waals surface area contributed by atoms with Gasteiger partial charge in [0.25, 0.3) is 11.8 Å². The maximum Gasteiger partial charge on any atom is 0.269 e. The van der Waals surface area contributed by atoms with Crippen LogP contribution in [0, 0.1) is 0 Å². The molecule has 0 aliphatic heterocycles. The summed E-state index contributed by atoms with van der Waals surface area (Å²) in [5.74, 6) is -0.227. The van der Waals surface area contributed by atoms with Gasteiger partial charge in [-0.15, -0.1) is 0 Å². The molecule has 0 atom stereocenters. The smallest absolute Gasteiger partial charge is 0.269 e. The van der Waals surface area contributed by atoms with Crippen molar-refractivity contribution in [3.05, 3.63) is 72.4 Å². The van der Waals surface area contributed by atoms with E-state index in [1.54, 1.807) is 23.1 Å². The minimum absolute atomic E-state index is 0.246. The molecular formula is C21H18N6O2. The lowest BCUT2D eigenvalue weighted by molar-refractivity contribution is 0.0955. The third-order valence-corrected chi connectivity index (χ3v) is 4.49. The van der Waals surface area contributed by atoms with Crippen LogP contribution in [-0.4, -0.2) is 38.6 Å². The van der Waals surface area contributed by atoms with Crippen molar-refractivity contribution in [3.63, 3.8) is 0 Å². The van der Waals surface area contributed by atoms with Gasteiger partial charge in [0.15, 0.2) is 0 Å². The molecule has 8 nitrogen and oxygen atoms in total. The quantitative estimate of drug-likeness (QED) is 0.561. The summed E-state index contributed by atoms with van der Waals surface area (Å²) in [6.07, 6.45) is 6.83. The van der Waals surface area contributed by atoms with Crippen molar-refractivity contribution in [1.82, 2.24) is 25.1 Å². The van der Waals surface area contributed by atoms with Crippen molar-refractivity contribution in [1.29, 1.82) is 0 Å². The van der Waals surface area contributed by atoms with Crippen LogP contribution < -0.4 is 10.6 Å². The number of nitrogens with zero attached hydrogens (tertiary/aromatic N) is 4. The van der Waals surface area contributed by atoms with Crippen molar-refractivity contribution in [2.75, 3.05) is 12.4 Å². The fraction of sp³-hybridized carbons (Fsp3) is 0.0952. The zero-order valence-corrected chi connectivity index (χ0v) is 15.9. The van der Waals surface area contributed by atoms with E-state index in [9.17, 15) is 9.59 Å². The molecule has 0 aliphatic carbocycles. The monoisotopic (exact) mass is 386 g/mol. The van der Waals surface area contributed by atoms with E-state index in [2.05, 4.69) is 25.7 Å². The second-order valence-electron chi connectivity index (χ2n) is 6.50. The first-order chi connectivity index (χ1) is 14.0. The largest absolute Gasteiger partial charge is 0.354 e. The molecule has 0 spiro atoms. The summed E-state index contributed by atoms with van der Waals surface area (Å²) in [6.45, 7) is 0. The number of nitrogens with one attached hydrogen (secondary N) is 2. The molecule has 3 aromatic heterocycles. The number of pyridine rings is 2. The standard InChI is InChI=1S/C21H18N6O2/c1-22-21(29)18-6-5-15(10-23-18)20(28)26-19-8-16-7-13(3-4-14(16)9-24-19)17-11-25-27(2)12-17/h3-12H,1-2H3,(H,22,29)(H,24,26,28). The predicted molar refractivity (Wildman–Crippen MR) is 110 cm³/mol. The van der Waals surface area contributed by atoms with Crippen LogP contribution in [0.4, 0.5) is 5.82 Å². The molecule has 4 aromatic rings. The first kappa shape index (κ1) is 18.3. The number of anilines is 1. The summed E-state index contributed by atoms with van der Waals surface area (Å²) in [7, 11) is 3.40. The van der Waals surface area contributed by atoms with Crippen LogP contribution in [-0.2, 0) is 7.05 Å². The number of fused-ring (bicyclic) bond motifs is 1. The number of hydrogen-bond donors (Lipinski definition) is 2. The number of amides is 2. The Labute approximate surface area is 166 Å². The van der Waals surface area contributed by atoms with E-state index in [0.29, 0.717) is 11.4 Å². The van der Waals surface area contributed by atoms with Crippen LogP contribution in [0.2, 0.25) is 0 Å². The van der Waals surface area contributed by atoms with Crippen molar-refractivity contribution < 1.29 is 9.59 Å². The molecular weight excluding hydrogens is 368 g/mol. The normalized spacial score (nSPS) is 10.7. The molecule has 2 N–H and O–H groups in total. The Balaban J connectivity index is 1.57. The minimum atomic E-state index is -0.351. The second kappa shape index (κ2) is 7.51. The summed E-state index contributed by atoms with van der Waals surface area (Å²) in [5.41, 5.74) is 2.63. The SMILES string of the molecule is CNC(=O)c1ccc(C(=O)Nc2cc3cc(-c4cnn(C)c4)ccc3cn2)cn1. The number of rotatable bonds is 4. The van der Waals surface area contributed by atoms with Crippen LogP contribution in [0.5, 0.6) is 0 Å². The topological polar surface area (TPSA) is 102 Å². The number of carbonyl (C=O) groups excluding carboxylic acids is 2. The highest BCUT2D eigenvalue weighted by atomic mass is 16.2. The molecule has 0 aliphatic rings. The lowest BCUT2D eigenvalue weighted by Crippen LogP contribution is -2.20. The molecule has 0 saturated heterocycles. The molecule has 0 unspecified atom stereocenters. The van der Waals surface area contributed by atoms with Crippen LogP contribution in [0.25, 0.3) is 21.9 Å². The molecule has 1 aromatic carbocycles. The third kappa shape index (κ3) is 3.81. The predicted octanol–water partition coefficient (Wildman–Crippen LogP) is 2.64. The molecule has 4 rings (SSSR count). The summed E-state index contributed by atoms with van der Waals surface area (Å²) in [4.78, 5) is 32.4. The average molecular weight is 386 g/mol. The van der Waals surface area contributed by atoms with Gasteiger partial charge in [-0.2, -0.15) is 5.10 Å². The maximum absolute atomic E-state index is 12.5. The minimum Gasteiger partial charge on any atom is -0.354 e. The van der Waals surface area contributed by atoms with Crippen LogP contribution in [0.1, 0.15) is 20.8 Å². The van der Waals surface area contributed by atoms with E-state index in [0.717, 1.165) is 21.9 Å². The Bertz CT molecular complexity index is 1210. The fourth-order valence-corrected chi connectivity index (χ4v) is 2.94. The van der Waals surface area contributed by atoms with Gasteiger partial charge in [-0.05, 0) is 35.2 Å². The Morgan fingerprint density at radius 1 is 0.897 bits per heavy atom. The van der Waals surface area contributed by atoms with E-state index >= 15 is 0 Å². The highest BCUT2D eigenvalue weighted by Crippen LogP contribution is 2.25. The number of benzene rings is 1. The van der Waals surface area contributed by atoms with Gasteiger partial charge in [0.1, 0.15) is 11.5 Å². The van der Waals surface area contributed by atoms with Gasteiger partial charge < -0.3 is 10.6 Å². The Morgan fingerprint density at radius 2 is 1.76 bits per heavy atom. The number of hydrogen-bond acceptors (Lipinski definition) is 5. The molecule has 144 valence electrons. The van der Waals surface area contributed by atoms with Crippen LogP contribution in [0.3, 0.4) is 0 Å². The molecule has 0 saturated carbocycles. The van der Waals surface area contributed by atoms with Gasteiger partial charge in [-0.1, -0.05) is 12.1 Å². The Hall–Kier alpha value is -4.07. The lowest BCUT2D eigenvalue weighted by Gasteiger charge is -2.07. The van der Waals surface area contributed by atoms with Crippen LogP contribution in [0.15, 0.2) is 61.2 Å². The molecule has 0 fully saturated rings. The van der Waals surface area contributed by atoms with Gasteiger partial charge in [-0.3, -0.25) is 19.3 Å². The van der Waals surface area contributed by atoms with Crippen molar-refractivity contribution in [3.8, 4) is 11.1 Å². The highest BCUT2D eigenvalue weighted by molar-refractivity contribution is 6.05. The van der Waals surface area contributed by atoms with E-state index in [1.807, 2.05) is 37.5 Å². The van der Waals surface area contributed by atoms with Gasteiger partial charge in [0, 0.05) is 43.6 Å². The molecule has 29 heavy (non-hydrogen) atoms. The number of carbonyl (C=O) groups is 2. The summed E-state index contributed by atoms with van der Waals surface area (Å²) in [6, 6.07) is 10.9. The van der Waals surface area contributed by atoms with Gasteiger partial charge in [0.2, 0.25) is 0 Å². The maximum atomic E-state index is 12.5. The summed E-state index contributed by atoms with van der Waals surface area (Å²) >= 11 is 0. The Morgan fingerprint density at radius 3 is 2.45 bits per heavy atom. The van der Waals surface area contributed by atoms with Gasteiger partial charge in [0.05, 0.1) is 11.8 Å². The molecule has 3 heterocycles. The van der Waals surface area contributed by atoms with Gasteiger partial charge >= 0.3 is 0 Å². The summed E-state index contributed by atoms with van der Waals surface area (Å²) < 4.78 is 1.75. The molecule has 8 heteroatoms.